The third-order valence-electron chi connectivity index (χ3n) is 4.63. The van der Waals surface area contributed by atoms with Crippen molar-refractivity contribution >= 4 is 27.0 Å². The van der Waals surface area contributed by atoms with Gasteiger partial charge in [0.2, 0.25) is 10.0 Å². The van der Waals surface area contributed by atoms with Crippen LogP contribution in [-0.4, -0.2) is 59.5 Å². The summed E-state index contributed by atoms with van der Waals surface area (Å²) >= 11 is 0. The second-order valence-corrected chi connectivity index (χ2v) is 9.81. The Balaban J connectivity index is 1.84. The van der Waals surface area contributed by atoms with E-state index in [-0.39, 0.29) is 23.5 Å². The summed E-state index contributed by atoms with van der Waals surface area (Å²) in [6.07, 6.45) is 1.02. The molecule has 1 fully saturated rings. The van der Waals surface area contributed by atoms with Crippen LogP contribution in [0.3, 0.4) is 0 Å². The van der Waals surface area contributed by atoms with E-state index in [9.17, 15) is 13.2 Å². The van der Waals surface area contributed by atoms with E-state index in [4.69, 9.17) is 4.84 Å². The molecule has 2 aromatic rings. The van der Waals surface area contributed by atoms with Gasteiger partial charge in [0.15, 0.2) is 6.61 Å². The fraction of sp³-hybridized carbons (Fsp3) is 0.611. The highest BCUT2D eigenvalue weighted by atomic mass is 32.2. The fourth-order valence-electron chi connectivity index (χ4n) is 3.57. The first kappa shape index (κ1) is 20.5. The van der Waals surface area contributed by atoms with Crippen molar-refractivity contribution in [1.29, 1.82) is 0 Å². The largest absolute Gasteiger partial charge is 0.385 e. The van der Waals surface area contributed by atoms with Crippen molar-refractivity contribution in [1.82, 2.24) is 24.8 Å². The molecule has 2 atom stereocenters. The minimum Gasteiger partial charge on any atom is -0.385 e. The van der Waals surface area contributed by atoms with E-state index < -0.39 is 10.0 Å². The van der Waals surface area contributed by atoms with Crippen LogP contribution in [-0.2, 0) is 14.8 Å². The summed E-state index contributed by atoms with van der Waals surface area (Å²) in [4.78, 5) is 18.4. The number of hydrogen-bond donors (Lipinski definition) is 1. The highest BCUT2D eigenvalue weighted by Crippen LogP contribution is 2.27. The number of amides is 1. The lowest BCUT2D eigenvalue weighted by Crippen LogP contribution is -2.42. The molecule has 2 heterocycles. The van der Waals surface area contributed by atoms with Crippen LogP contribution in [0, 0.1) is 11.8 Å². The number of carbonyl (C=O) groups is 1. The molecule has 0 saturated carbocycles. The van der Waals surface area contributed by atoms with Crippen LogP contribution in [0.4, 0.5) is 0 Å². The Hall–Kier alpha value is -2.20. The molecule has 0 unspecified atom stereocenters. The summed E-state index contributed by atoms with van der Waals surface area (Å²) in [5, 5.41) is 10.5. The van der Waals surface area contributed by atoms with Crippen LogP contribution in [0.5, 0.6) is 0 Å². The van der Waals surface area contributed by atoms with Crippen LogP contribution in [0.2, 0.25) is 0 Å². The van der Waals surface area contributed by atoms with Crippen LogP contribution < -0.4 is 10.2 Å². The molecule has 9 nitrogen and oxygen atoms in total. The molecule has 1 aliphatic rings. The normalized spacial score (nSPS) is 21.2. The van der Waals surface area contributed by atoms with Crippen molar-refractivity contribution in [2.24, 2.45) is 11.8 Å². The molecule has 0 bridgehead atoms. The summed E-state index contributed by atoms with van der Waals surface area (Å²) in [6.45, 7) is 8.61. The zero-order chi connectivity index (χ0) is 20.5. The smallest absolute Gasteiger partial charge is 0.260 e. The number of nitrogens with one attached hydrogen (secondary N) is 1. The minimum atomic E-state index is -3.63. The second kappa shape index (κ2) is 8.04. The topological polar surface area (TPSA) is 106 Å². The van der Waals surface area contributed by atoms with Gasteiger partial charge in [-0.2, -0.15) is 4.31 Å². The van der Waals surface area contributed by atoms with Crippen LogP contribution in [0.1, 0.15) is 34.1 Å². The zero-order valence-corrected chi connectivity index (χ0v) is 17.4. The average Bonchev–Trinajstić information content (AvgIpc) is 3.01. The summed E-state index contributed by atoms with van der Waals surface area (Å²) < 4.78 is 27.8. The first-order valence-corrected chi connectivity index (χ1v) is 10.9. The lowest BCUT2D eigenvalue weighted by Gasteiger charge is -2.34. The lowest BCUT2D eigenvalue weighted by atomic mass is 9.94. The molecule has 1 amide bonds. The van der Waals surface area contributed by atoms with E-state index in [1.165, 1.54) is 16.4 Å². The van der Waals surface area contributed by atoms with Gasteiger partial charge in [0.05, 0.1) is 4.90 Å². The van der Waals surface area contributed by atoms with Gasteiger partial charge in [-0.15, -0.1) is 5.10 Å². The minimum absolute atomic E-state index is 0.00494. The third-order valence-corrected chi connectivity index (χ3v) is 6.46. The molecule has 1 aromatic heterocycles. The molecule has 10 heteroatoms. The maximum absolute atomic E-state index is 13.1. The third kappa shape index (κ3) is 4.44. The van der Waals surface area contributed by atoms with Gasteiger partial charge in [-0.25, -0.2) is 8.42 Å². The molecule has 1 saturated heterocycles. The number of fused-ring (bicyclic) bond motifs is 1. The Labute approximate surface area is 165 Å². The molecular formula is C18H27N5O4S. The summed E-state index contributed by atoms with van der Waals surface area (Å²) in [5.41, 5.74) is 0.889. The summed E-state index contributed by atoms with van der Waals surface area (Å²) in [5.74, 6) is 0.341. The predicted molar refractivity (Wildman–Crippen MR) is 104 cm³/mol. The number of sulfonamides is 1. The van der Waals surface area contributed by atoms with Gasteiger partial charge >= 0.3 is 0 Å². The maximum atomic E-state index is 13.1. The van der Waals surface area contributed by atoms with Crippen LogP contribution in [0.15, 0.2) is 23.1 Å². The zero-order valence-electron chi connectivity index (χ0n) is 16.6. The van der Waals surface area contributed by atoms with E-state index in [1.807, 2.05) is 13.8 Å². The van der Waals surface area contributed by atoms with Crippen molar-refractivity contribution in [3.63, 3.8) is 0 Å². The Bertz CT molecular complexity index is 946. The number of nitrogens with zero attached hydrogens (tertiary/aromatic N) is 4. The molecule has 0 spiro atoms. The number of carbonyl (C=O) groups excluding carboxylic acids is 1. The first-order chi connectivity index (χ1) is 13.2. The number of aromatic nitrogens is 3. The molecule has 0 aliphatic carbocycles. The van der Waals surface area contributed by atoms with E-state index in [1.54, 1.807) is 6.07 Å². The Morgan fingerprint density at radius 1 is 1.29 bits per heavy atom. The molecule has 154 valence electrons. The molecule has 0 radical (unpaired) electrons. The van der Waals surface area contributed by atoms with Crippen molar-refractivity contribution in [2.45, 2.75) is 45.1 Å². The van der Waals surface area contributed by atoms with Crippen molar-refractivity contribution < 1.29 is 18.0 Å². The first-order valence-electron chi connectivity index (χ1n) is 9.45. The SMILES string of the molecule is CC(C)NC(=O)COn1nnc2ccc(S(=O)(=O)N3C[C@H](C)C[C@H](C)C3)cc21. The van der Waals surface area contributed by atoms with Gasteiger partial charge in [-0.05, 0) is 55.5 Å². The molecule has 3 rings (SSSR count). The Morgan fingerprint density at radius 3 is 2.61 bits per heavy atom. The highest BCUT2D eigenvalue weighted by Gasteiger charge is 2.32. The Kier molecular flexibility index (Phi) is 5.90. The monoisotopic (exact) mass is 409 g/mol. The van der Waals surface area contributed by atoms with Crippen molar-refractivity contribution in [3.05, 3.63) is 18.2 Å². The average molecular weight is 410 g/mol. The van der Waals surface area contributed by atoms with Crippen LogP contribution in [0.25, 0.3) is 11.0 Å². The van der Waals surface area contributed by atoms with Gasteiger partial charge < -0.3 is 10.2 Å². The highest BCUT2D eigenvalue weighted by molar-refractivity contribution is 7.89. The Morgan fingerprint density at radius 2 is 1.96 bits per heavy atom. The molecule has 1 N–H and O–H groups in total. The number of benzene rings is 1. The molecule has 1 aromatic carbocycles. The quantitative estimate of drug-likeness (QED) is 0.764. The summed E-state index contributed by atoms with van der Waals surface area (Å²) in [6, 6.07) is 4.62. The predicted octanol–water partition coefficient (Wildman–Crippen LogP) is 1.05. The maximum Gasteiger partial charge on any atom is 0.260 e. The summed E-state index contributed by atoms with van der Waals surface area (Å²) in [7, 11) is -3.63. The number of rotatable bonds is 6. The second-order valence-electron chi connectivity index (χ2n) is 7.88. The lowest BCUT2D eigenvalue weighted by molar-refractivity contribution is -0.126. The van der Waals surface area contributed by atoms with Gasteiger partial charge in [0, 0.05) is 19.1 Å². The van der Waals surface area contributed by atoms with Crippen molar-refractivity contribution in [2.75, 3.05) is 19.7 Å². The van der Waals surface area contributed by atoms with E-state index >= 15 is 0 Å². The van der Waals surface area contributed by atoms with Gasteiger partial charge in [0.1, 0.15) is 11.0 Å². The standard InChI is InChI=1S/C18H27N5O4S/c1-12(2)19-18(24)11-27-23-17-8-15(5-6-16(17)20-21-23)28(25,26)22-9-13(3)7-14(4)10-22/h5-6,8,12-14H,7,9-11H2,1-4H3,(H,19,24)/t13-,14+. The van der Waals surface area contributed by atoms with Crippen LogP contribution >= 0.6 is 0 Å². The van der Waals surface area contributed by atoms with E-state index in [2.05, 4.69) is 29.5 Å². The fourth-order valence-corrected chi connectivity index (χ4v) is 5.27. The number of piperidine rings is 1. The molecule has 28 heavy (non-hydrogen) atoms. The molecule has 1 aliphatic heterocycles. The van der Waals surface area contributed by atoms with Gasteiger partial charge in [-0.1, -0.05) is 18.7 Å². The van der Waals surface area contributed by atoms with E-state index in [0.717, 1.165) is 11.3 Å². The van der Waals surface area contributed by atoms with E-state index in [0.29, 0.717) is 36.0 Å². The molecular weight excluding hydrogens is 382 g/mol. The van der Waals surface area contributed by atoms with Gasteiger partial charge in [-0.3, -0.25) is 4.79 Å². The number of hydrogen-bond acceptors (Lipinski definition) is 6. The van der Waals surface area contributed by atoms with Crippen molar-refractivity contribution in [3.8, 4) is 0 Å². The van der Waals surface area contributed by atoms with Gasteiger partial charge in [0.25, 0.3) is 5.91 Å².